The summed E-state index contributed by atoms with van der Waals surface area (Å²) in [6, 6.07) is 14.4. The fourth-order valence-corrected chi connectivity index (χ4v) is 4.56. The Bertz CT molecular complexity index is 1050. The van der Waals surface area contributed by atoms with Crippen LogP contribution in [0.25, 0.3) is 0 Å². The van der Waals surface area contributed by atoms with E-state index in [4.69, 9.17) is 0 Å². The van der Waals surface area contributed by atoms with Crippen molar-refractivity contribution in [2.24, 2.45) is 0 Å². The molecule has 3 aromatic rings. The maximum atomic E-state index is 14.3. The molecule has 0 fully saturated rings. The summed E-state index contributed by atoms with van der Waals surface area (Å²) in [6.07, 6.45) is 0. The van der Waals surface area contributed by atoms with Gasteiger partial charge >= 0.3 is 0 Å². The molecule has 7 heteroatoms. The van der Waals surface area contributed by atoms with Crippen molar-refractivity contribution >= 4 is 15.7 Å². The third-order valence-corrected chi connectivity index (χ3v) is 6.09. The molecular weight excluding hydrogens is 375 g/mol. The van der Waals surface area contributed by atoms with Crippen molar-refractivity contribution in [2.75, 3.05) is 4.31 Å². The molecule has 0 saturated heterocycles. The predicted octanol–water partition coefficient (Wildman–Crippen LogP) is 5.06. The van der Waals surface area contributed by atoms with Crippen LogP contribution in [0.1, 0.15) is 18.5 Å². The number of anilines is 1. The Kier molecular flexibility index (Phi) is 5.23. The van der Waals surface area contributed by atoms with Gasteiger partial charge in [0, 0.05) is 5.56 Å². The standard InChI is InChI=1S/C20H16F3NO2S/c1-14(17-6-2-3-7-18(17)22)24(16-12-10-15(21)11-13-16)27(25,26)20-9-5-4-8-19(20)23/h2-14H,1H3/t14-/m0/s1. The summed E-state index contributed by atoms with van der Waals surface area (Å²) in [5.74, 6) is -2.08. The zero-order valence-corrected chi connectivity index (χ0v) is 15.1. The average molecular weight is 391 g/mol. The van der Waals surface area contributed by atoms with Crippen LogP contribution < -0.4 is 4.31 Å². The summed E-state index contributed by atoms with van der Waals surface area (Å²) in [5.41, 5.74) is 0.206. The number of nitrogens with zero attached hydrogens (tertiary/aromatic N) is 1. The number of halogens is 3. The van der Waals surface area contributed by atoms with E-state index < -0.39 is 38.4 Å². The molecule has 0 radical (unpaired) electrons. The first kappa shape index (κ1) is 19.0. The molecule has 0 aliphatic rings. The lowest BCUT2D eigenvalue weighted by atomic mass is 10.1. The first-order chi connectivity index (χ1) is 12.8. The lowest BCUT2D eigenvalue weighted by molar-refractivity contribution is 0.552. The highest BCUT2D eigenvalue weighted by atomic mass is 32.2. The van der Waals surface area contributed by atoms with Crippen LogP contribution >= 0.6 is 0 Å². The lowest BCUT2D eigenvalue weighted by Gasteiger charge is -2.31. The molecule has 0 aliphatic carbocycles. The zero-order chi connectivity index (χ0) is 19.6. The van der Waals surface area contributed by atoms with E-state index in [-0.39, 0.29) is 11.3 Å². The van der Waals surface area contributed by atoms with Crippen molar-refractivity contribution < 1.29 is 21.6 Å². The molecule has 0 aromatic heterocycles. The molecule has 1 atom stereocenters. The summed E-state index contributed by atoms with van der Waals surface area (Å²) in [6.45, 7) is 1.49. The second-order valence-electron chi connectivity index (χ2n) is 5.91. The van der Waals surface area contributed by atoms with E-state index in [0.717, 1.165) is 28.6 Å². The van der Waals surface area contributed by atoms with Crippen molar-refractivity contribution in [3.8, 4) is 0 Å². The van der Waals surface area contributed by atoms with E-state index in [1.54, 1.807) is 6.07 Å². The Balaban J connectivity index is 2.21. The quantitative estimate of drug-likeness (QED) is 0.610. The van der Waals surface area contributed by atoms with Gasteiger partial charge in [0.15, 0.2) is 0 Å². The van der Waals surface area contributed by atoms with Gasteiger partial charge < -0.3 is 0 Å². The smallest absolute Gasteiger partial charge is 0.259 e. The Morgan fingerprint density at radius 2 is 1.33 bits per heavy atom. The molecule has 0 N–H and O–H groups in total. The van der Waals surface area contributed by atoms with Crippen LogP contribution in [-0.4, -0.2) is 8.42 Å². The van der Waals surface area contributed by atoms with Crippen LogP contribution in [0.2, 0.25) is 0 Å². The van der Waals surface area contributed by atoms with Gasteiger partial charge in [0.1, 0.15) is 22.3 Å². The number of rotatable bonds is 5. The van der Waals surface area contributed by atoms with Gasteiger partial charge in [0.05, 0.1) is 11.7 Å². The molecule has 0 aliphatic heterocycles. The van der Waals surface area contributed by atoms with Crippen molar-refractivity contribution in [1.29, 1.82) is 0 Å². The number of hydrogen-bond acceptors (Lipinski definition) is 2. The first-order valence-corrected chi connectivity index (χ1v) is 9.55. The van der Waals surface area contributed by atoms with Crippen molar-refractivity contribution in [3.05, 3.63) is 95.8 Å². The minimum atomic E-state index is -4.39. The van der Waals surface area contributed by atoms with Gasteiger partial charge in [-0.05, 0) is 49.4 Å². The maximum absolute atomic E-state index is 14.3. The minimum absolute atomic E-state index is 0.0930. The van der Waals surface area contributed by atoms with E-state index in [0.29, 0.717) is 0 Å². The van der Waals surface area contributed by atoms with Gasteiger partial charge in [0.25, 0.3) is 10.0 Å². The average Bonchev–Trinajstić information content (AvgIpc) is 2.64. The van der Waals surface area contributed by atoms with E-state index in [1.165, 1.54) is 49.4 Å². The third kappa shape index (κ3) is 3.68. The van der Waals surface area contributed by atoms with Crippen LogP contribution in [0.5, 0.6) is 0 Å². The molecule has 140 valence electrons. The zero-order valence-electron chi connectivity index (χ0n) is 14.3. The Labute approximate surface area is 155 Å². The van der Waals surface area contributed by atoms with Gasteiger partial charge in [-0.25, -0.2) is 21.6 Å². The molecule has 0 unspecified atom stereocenters. The Morgan fingerprint density at radius 3 is 1.93 bits per heavy atom. The molecule has 3 nitrogen and oxygen atoms in total. The second-order valence-corrected chi connectivity index (χ2v) is 7.69. The van der Waals surface area contributed by atoms with Crippen LogP contribution in [0, 0.1) is 17.5 Å². The normalized spacial score (nSPS) is 12.6. The first-order valence-electron chi connectivity index (χ1n) is 8.11. The molecule has 0 bridgehead atoms. The van der Waals surface area contributed by atoms with E-state index in [1.807, 2.05) is 0 Å². The van der Waals surface area contributed by atoms with Gasteiger partial charge in [-0.15, -0.1) is 0 Å². The summed E-state index contributed by atoms with van der Waals surface area (Å²) < 4.78 is 69.2. The van der Waals surface area contributed by atoms with Gasteiger partial charge in [-0.1, -0.05) is 30.3 Å². The van der Waals surface area contributed by atoms with Crippen LogP contribution in [-0.2, 0) is 10.0 Å². The van der Waals surface area contributed by atoms with Crippen molar-refractivity contribution in [3.63, 3.8) is 0 Å². The highest BCUT2D eigenvalue weighted by Gasteiger charge is 2.33. The van der Waals surface area contributed by atoms with E-state index >= 15 is 0 Å². The fraction of sp³-hybridized carbons (Fsp3) is 0.100. The van der Waals surface area contributed by atoms with Crippen LogP contribution in [0.15, 0.2) is 77.7 Å². The number of benzene rings is 3. The number of sulfonamides is 1. The topological polar surface area (TPSA) is 37.4 Å². The predicted molar refractivity (Wildman–Crippen MR) is 97.3 cm³/mol. The minimum Gasteiger partial charge on any atom is -0.259 e. The SMILES string of the molecule is C[C@@H](c1ccccc1F)N(c1ccc(F)cc1)S(=O)(=O)c1ccccc1F. The maximum Gasteiger partial charge on any atom is 0.267 e. The Morgan fingerprint density at radius 1 is 0.778 bits per heavy atom. The molecule has 3 aromatic carbocycles. The van der Waals surface area contributed by atoms with Crippen molar-refractivity contribution in [2.45, 2.75) is 17.9 Å². The summed E-state index contributed by atoms with van der Waals surface area (Å²) in [4.78, 5) is -0.544. The van der Waals surface area contributed by atoms with Gasteiger partial charge in [-0.2, -0.15) is 0 Å². The highest BCUT2D eigenvalue weighted by molar-refractivity contribution is 7.92. The molecule has 0 amide bonds. The van der Waals surface area contributed by atoms with Gasteiger partial charge in [-0.3, -0.25) is 4.31 Å². The largest absolute Gasteiger partial charge is 0.267 e. The molecule has 27 heavy (non-hydrogen) atoms. The second kappa shape index (κ2) is 7.44. The van der Waals surface area contributed by atoms with Crippen LogP contribution in [0.3, 0.4) is 0 Å². The third-order valence-electron chi connectivity index (χ3n) is 4.16. The molecular formula is C20H16F3NO2S. The number of hydrogen-bond donors (Lipinski definition) is 0. The van der Waals surface area contributed by atoms with E-state index in [9.17, 15) is 21.6 Å². The summed E-state index contributed by atoms with van der Waals surface area (Å²) in [5, 5.41) is 0. The summed E-state index contributed by atoms with van der Waals surface area (Å²) >= 11 is 0. The highest BCUT2D eigenvalue weighted by Crippen LogP contribution is 2.34. The van der Waals surface area contributed by atoms with Gasteiger partial charge in [0.2, 0.25) is 0 Å². The molecule has 0 saturated carbocycles. The molecule has 0 heterocycles. The molecule has 3 rings (SSSR count). The van der Waals surface area contributed by atoms with E-state index in [2.05, 4.69) is 0 Å². The monoisotopic (exact) mass is 391 g/mol. The van der Waals surface area contributed by atoms with Crippen LogP contribution in [0.4, 0.5) is 18.9 Å². The molecule has 0 spiro atoms. The lowest BCUT2D eigenvalue weighted by Crippen LogP contribution is -2.34. The summed E-state index contributed by atoms with van der Waals surface area (Å²) in [7, 11) is -4.39. The van der Waals surface area contributed by atoms with Crippen molar-refractivity contribution in [1.82, 2.24) is 0 Å². The Hall–Kier alpha value is -2.80. The fourth-order valence-electron chi connectivity index (χ4n) is 2.86.